The molecule has 124 valence electrons. The van der Waals surface area contributed by atoms with Crippen LogP contribution in [0.25, 0.3) is 11.5 Å². The molecule has 0 amide bonds. The van der Waals surface area contributed by atoms with Crippen molar-refractivity contribution in [2.24, 2.45) is 0 Å². The number of nitrogens with one attached hydrogen (secondary N) is 1. The van der Waals surface area contributed by atoms with Gasteiger partial charge in [-0.25, -0.2) is 4.98 Å². The summed E-state index contributed by atoms with van der Waals surface area (Å²) in [6.45, 7) is 4.50. The molecule has 0 spiro atoms. The lowest BCUT2D eigenvalue weighted by atomic mass is 9.97. The van der Waals surface area contributed by atoms with Gasteiger partial charge in [0, 0.05) is 24.9 Å². The van der Waals surface area contributed by atoms with E-state index in [-0.39, 0.29) is 0 Å². The highest BCUT2D eigenvalue weighted by Crippen LogP contribution is 2.25. The first kappa shape index (κ1) is 14.9. The van der Waals surface area contributed by atoms with E-state index >= 15 is 0 Å². The molecular weight excluding hydrogens is 306 g/mol. The normalized spacial score (nSPS) is 18.8. The molecule has 8 nitrogen and oxygen atoms in total. The van der Waals surface area contributed by atoms with Gasteiger partial charge in [0.2, 0.25) is 11.8 Å². The van der Waals surface area contributed by atoms with Gasteiger partial charge in [0.15, 0.2) is 5.82 Å². The van der Waals surface area contributed by atoms with Gasteiger partial charge in [-0.15, -0.1) is 10.2 Å². The number of nitrogens with zero attached hydrogens (tertiary/aromatic N) is 6. The molecule has 0 radical (unpaired) electrons. The second kappa shape index (κ2) is 6.48. The smallest absolute Gasteiger partial charge is 0.249 e. The number of aromatic nitrogens is 6. The van der Waals surface area contributed by atoms with E-state index in [1.54, 1.807) is 12.4 Å². The number of H-pyrrole nitrogens is 1. The molecule has 0 aliphatic carbocycles. The van der Waals surface area contributed by atoms with E-state index in [0.717, 1.165) is 43.1 Å². The highest BCUT2D eigenvalue weighted by molar-refractivity contribution is 5.49. The second-order valence-corrected chi connectivity index (χ2v) is 6.10. The van der Waals surface area contributed by atoms with Crippen molar-refractivity contribution in [1.29, 1.82) is 0 Å². The molecule has 1 atom stereocenters. The van der Waals surface area contributed by atoms with Crippen molar-refractivity contribution in [2.75, 3.05) is 13.1 Å². The van der Waals surface area contributed by atoms with Crippen molar-refractivity contribution in [3.8, 4) is 11.5 Å². The summed E-state index contributed by atoms with van der Waals surface area (Å²) in [6.07, 6.45) is 5.67. The molecule has 4 rings (SSSR count). The molecule has 1 aliphatic rings. The van der Waals surface area contributed by atoms with E-state index in [1.165, 1.54) is 0 Å². The molecular formula is C16H19N7O. The summed E-state index contributed by atoms with van der Waals surface area (Å²) in [5, 5.41) is 15.5. The van der Waals surface area contributed by atoms with Crippen LogP contribution in [-0.2, 0) is 6.54 Å². The predicted molar refractivity (Wildman–Crippen MR) is 85.9 cm³/mol. The quantitative estimate of drug-likeness (QED) is 0.783. The van der Waals surface area contributed by atoms with Crippen molar-refractivity contribution in [3.63, 3.8) is 0 Å². The zero-order valence-corrected chi connectivity index (χ0v) is 13.5. The van der Waals surface area contributed by atoms with E-state index in [2.05, 4.69) is 35.3 Å². The minimum absolute atomic E-state index is 0.351. The average molecular weight is 325 g/mol. The standard InChI is InChI=1S/C16H19N7O/c1-11-18-15(21-19-11)13-5-3-7-23(9-13)10-14-20-22-16(24-14)12-4-2-6-17-8-12/h2,4,6,8,13H,3,5,7,9-10H2,1H3,(H,18,19,21). The van der Waals surface area contributed by atoms with Crippen LogP contribution in [0.15, 0.2) is 28.9 Å². The molecule has 3 aromatic heterocycles. The first-order valence-corrected chi connectivity index (χ1v) is 8.12. The predicted octanol–water partition coefficient (Wildman–Crippen LogP) is 1.94. The maximum absolute atomic E-state index is 5.78. The fourth-order valence-electron chi connectivity index (χ4n) is 3.07. The summed E-state index contributed by atoms with van der Waals surface area (Å²) in [7, 11) is 0. The first-order chi connectivity index (χ1) is 11.8. The van der Waals surface area contributed by atoms with Gasteiger partial charge < -0.3 is 4.42 Å². The van der Waals surface area contributed by atoms with Crippen LogP contribution in [0.3, 0.4) is 0 Å². The molecule has 1 saturated heterocycles. The van der Waals surface area contributed by atoms with Gasteiger partial charge >= 0.3 is 0 Å². The van der Waals surface area contributed by atoms with Gasteiger partial charge in [-0.2, -0.15) is 5.10 Å². The lowest BCUT2D eigenvalue weighted by Gasteiger charge is -2.30. The van der Waals surface area contributed by atoms with Gasteiger partial charge in [0.25, 0.3) is 0 Å². The lowest BCUT2D eigenvalue weighted by Crippen LogP contribution is -2.34. The minimum atomic E-state index is 0.351. The summed E-state index contributed by atoms with van der Waals surface area (Å²) in [6, 6.07) is 3.76. The van der Waals surface area contributed by atoms with Gasteiger partial charge in [-0.05, 0) is 38.4 Å². The molecule has 0 bridgehead atoms. The molecule has 1 unspecified atom stereocenters. The van der Waals surface area contributed by atoms with Crippen LogP contribution in [-0.4, -0.2) is 48.4 Å². The van der Waals surface area contributed by atoms with E-state index in [9.17, 15) is 0 Å². The number of rotatable bonds is 4. The third kappa shape index (κ3) is 3.18. The van der Waals surface area contributed by atoms with Gasteiger partial charge in [-0.3, -0.25) is 15.0 Å². The van der Waals surface area contributed by atoms with Crippen molar-refractivity contribution >= 4 is 0 Å². The molecule has 1 fully saturated rings. The fourth-order valence-corrected chi connectivity index (χ4v) is 3.07. The van der Waals surface area contributed by atoms with Crippen molar-refractivity contribution in [1.82, 2.24) is 35.3 Å². The minimum Gasteiger partial charge on any atom is -0.419 e. The first-order valence-electron chi connectivity index (χ1n) is 8.12. The average Bonchev–Trinajstić information content (AvgIpc) is 3.25. The molecule has 24 heavy (non-hydrogen) atoms. The van der Waals surface area contributed by atoms with Crippen LogP contribution in [0.1, 0.15) is 36.3 Å². The summed E-state index contributed by atoms with van der Waals surface area (Å²) < 4.78 is 5.78. The molecule has 3 aromatic rings. The maximum Gasteiger partial charge on any atom is 0.249 e. The molecule has 4 heterocycles. The van der Waals surface area contributed by atoms with Crippen LogP contribution in [0.4, 0.5) is 0 Å². The Balaban J connectivity index is 1.43. The third-order valence-corrected chi connectivity index (χ3v) is 4.22. The summed E-state index contributed by atoms with van der Waals surface area (Å²) in [4.78, 5) is 10.9. The largest absolute Gasteiger partial charge is 0.419 e. The van der Waals surface area contributed by atoms with Gasteiger partial charge in [-0.1, -0.05) is 0 Å². The summed E-state index contributed by atoms with van der Waals surface area (Å²) >= 11 is 0. The zero-order chi connectivity index (χ0) is 16.4. The van der Waals surface area contributed by atoms with E-state index in [1.807, 2.05) is 19.1 Å². The monoisotopic (exact) mass is 325 g/mol. The second-order valence-electron chi connectivity index (χ2n) is 6.10. The Morgan fingerprint density at radius 3 is 3.12 bits per heavy atom. The Morgan fingerprint density at radius 1 is 1.38 bits per heavy atom. The Kier molecular flexibility index (Phi) is 4.04. The van der Waals surface area contributed by atoms with Crippen LogP contribution >= 0.6 is 0 Å². The summed E-state index contributed by atoms with van der Waals surface area (Å²) in [5.74, 6) is 3.25. The van der Waals surface area contributed by atoms with Crippen LogP contribution in [0, 0.1) is 6.92 Å². The SMILES string of the molecule is Cc1nc(C2CCCN(Cc3nnc(-c4cccnc4)o3)C2)n[nH]1. The van der Waals surface area contributed by atoms with Gasteiger partial charge in [0.05, 0.1) is 12.1 Å². The fraction of sp³-hybridized carbons (Fsp3) is 0.438. The van der Waals surface area contributed by atoms with Crippen molar-refractivity contribution < 1.29 is 4.42 Å². The van der Waals surface area contributed by atoms with Crippen LogP contribution in [0.2, 0.25) is 0 Å². The molecule has 1 N–H and O–H groups in total. The number of hydrogen-bond acceptors (Lipinski definition) is 7. The Morgan fingerprint density at radius 2 is 2.33 bits per heavy atom. The highest BCUT2D eigenvalue weighted by Gasteiger charge is 2.25. The summed E-state index contributed by atoms with van der Waals surface area (Å²) in [5.41, 5.74) is 0.837. The lowest BCUT2D eigenvalue weighted by molar-refractivity contribution is 0.181. The molecule has 8 heteroatoms. The van der Waals surface area contributed by atoms with Crippen LogP contribution < -0.4 is 0 Å². The topological polar surface area (TPSA) is 96.6 Å². The van der Waals surface area contributed by atoms with Crippen molar-refractivity contribution in [3.05, 3.63) is 42.1 Å². The number of aromatic amines is 1. The number of hydrogen-bond donors (Lipinski definition) is 1. The Hall–Kier alpha value is -2.61. The van der Waals surface area contributed by atoms with E-state index < -0.39 is 0 Å². The van der Waals surface area contributed by atoms with Crippen LogP contribution in [0.5, 0.6) is 0 Å². The maximum atomic E-state index is 5.78. The zero-order valence-electron chi connectivity index (χ0n) is 13.5. The molecule has 0 saturated carbocycles. The van der Waals surface area contributed by atoms with Gasteiger partial charge in [0.1, 0.15) is 5.82 Å². The number of pyridine rings is 1. The van der Waals surface area contributed by atoms with E-state index in [0.29, 0.717) is 24.2 Å². The molecule has 1 aliphatic heterocycles. The third-order valence-electron chi connectivity index (χ3n) is 4.22. The number of likely N-dealkylation sites (tertiary alicyclic amines) is 1. The van der Waals surface area contributed by atoms with E-state index in [4.69, 9.17) is 4.42 Å². The Labute approximate surface area is 139 Å². The number of aryl methyl sites for hydroxylation is 1. The number of piperidine rings is 1. The van der Waals surface area contributed by atoms with Crippen molar-refractivity contribution in [2.45, 2.75) is 32.2 Å². The highest BCUT2D eigenvalue weighted by atomic mass is 16.4. The molecule has 0 aromatic carbocycles. The Bertz CT molecular complexity index is 798.